The average molecular weight is 226 g/mol. The molecule has 1 aliphatic rings. The largest absolute Gasteiger partial charge is 0.354 e. The third-order valence-electron chi connectivity index (χ3n) is 3.37. The minimum Gasteiger partial charge on any atom is -0.354 e. The van der Waals surface area contributed by atoms with Gasteiger partial charge < -0.3 is 10.6 Å². The van der Waals surface area contributed by atoms with Gasteiger partial charge in [-0.05, 0) is 39.5 Å². The Hall–Kier alpha value is -0.570. The molecule has 1 saturated carbocycles. The van der Waals surface area contributed by atoms with Crippen molar-refractivity contribution in [3.8, 4) is 0 Å². The maximum absolute atomic E-state index is 11.4. The standard InChI is InChI=1S/C13H26N2O/c1-10(2)15-13(16)8-9-14-11(3)12-6-4-5-7-12/h10-12,14H,4-9H2,1-3H3,(H,15,16). The Bertz CT molecular complexity index is 210. The summed E-state index contributed by atoms with van der Waals surface area (Å²) < 4.78 is 0. The molecule has 0 aromatic heterocycles. The molecule has 2 N–H and O–H groups in total. The smallest absolute Gasteiger partial charge is 0.221 e. The highest BCUT2D eigenvalue weighted by molar-refractivity contribution is 5.76. The van der Waals surface area contributed by atoms with Crippen molar-refractivity contribution in [2.24, 2.45) is 5.92 Å². The molecule has 0 saturated heterocycles. The summed E-state index contributed by atoms with van der Waals surface area (Å²) in [6.45, 7) is 7.03. The van der Waals surface area contributed by atoms with Gasteiger partial charge in [0.15, 0.2) is 0 Å². The Kier molecular flexibility index (Phi) is 5.81. The van der Waals surface area contributed by atoms with Crippen LogP contribution in [0.25, 0.3) is 0 Å². The Balaban J connectivity index is 2.07. The van der Waals surface area contributed by atoms with E-state index in [0.717, 1.165) is 12.5 Å². The van der Waals surface area contributed by atoms with Gasteiger partial charge in [0.1, 0.15) is 0 Å². The Morgan fingerprint density at radius 3 is 2.44 bits per heavy atom. The molecule has 0 bridgehead atoms. The summed E-state index contributed by atoms with van der Waals surface area (Å²) >= 11 is 0. The second-order valence-electron chi connectivity index (χ2n) is 5.26. The molecule has 3 nitrogen and oxygen atoms in total. The van der Waals surface area contributed by atoms with Crippen molar-refractivity contribution < 1.29 is 4.79 Å². The highest BCUT2D eigenvalue weighted by Gasteiger charge is 2.20. The Morgan fingerprint density at radius 2 is 1.88 bits per heavy atom. The molecule has 16 heavy (non-hydrogen) atoms. The van der Waals surface area contributed by atoms with Crippen molar-refractivity contribution in [1.82, 2.24) is 10.6 Å². The highest BCUT2D eigenvalue weighted by atomic mass is 16.1. The van der Waals surface area contributed by atoms with Crippen LogP contribution < -0.4 is 10.6 Å². The molecule has 0 heterocycles. The lowest BCUT2D eigenvalue weighted by molar-refractivity contribution is -0.121. The summed E-state index contributed by atoms with van der Waals surface area (Å²) in [4.78, 5) is 11.4. The van der Waals surface area contributed by atoms with Gasteiger partial charge in [-0.1, -0.05) is 12.8 Å². The molecule has 1 amide bonds. The van der Waals surface area contributed by atoms with Gasteiger partial charge in [-0.15, -0.1) is 0 Å². The number of hydrogen-bond donors (Lipinski definition) is 2. The van der Waals surface area contributed by atoms with Crippen LogP contribution in [0.4, 0.5) is 0 Å². The van der Waals surface area contributed by atoms with Gasteiger partial charge in [0.25, 0.3) is 0 Å². The van der Waals surface area contributed by atoms with Gasteiger partial charge in [0, 0.05) is 25.0 Å². The van der Waals surface area contributed by atoms with Crippen molar-refractivity contribution in [3.05, 3.63) is 0 Å². The van der Waals surface area contributed by atoms with Crippen LogP contribution in [0.2, 0.25) is 0 Å². The van der Waals surface area contributed by atoms with E-state index in [1.807, 2.05) is 13.8 Å². The zero-order valence-electron chi connectivity index (χ0n) is 10.9. The van der Waals surface area contributed by atoms with E-state index >= 15 is 0 Å². The lowest BCUT2D eigenvalue weighted by Crippen LogP contribution is -2.37. The minimum absolute atomic E-state index is 0.154. The second kappa shape index (κ2) is 6.89. The number of carbonyl (C=O) groups is 1. The van der Waals surface area contributed by atoms with Crippen LogP contribution in [0, 0.1) is 5.92 Å². The summed E-state index contributed by atoms with van der Waals surface area (Å²) in [6, 6.07) is 0.814. The number of nitrogens with one attached hydrogen (secondary N) is 2. The van der Waals surface area contributed by atoms with Crippen molar-refractivity contribution >= 4 is 5.91 Å². The van der Waals surface area contributed by atoms with Crippen LogP contribution in [-0.2, 0) is 4.79 Å². The van der Waals surface area contributed by atoms with E-state index in [9.17, 15) is 4.79 Å². The molecule has 0 spiro atoms. The first-order valence-corrected chi connectivity index (χ1v) is 6.62. The summed E-state index contributed by atoms with van der Waals surface area (Å²) in [5.74, 6) is 0.981. The molecular formula is C13H26N2O. The Labute approximate surface area is 99.4 Å². The SMILES string of the molecule is CC(C)NC(=O)CCNC(C)C1CCCC1. The predicted molar refractivity (Wildman–Crippen MR) is 67.3 cm³/mol. The van der Waals surface area contributed by atoms with Crippen molar-refractivity contribution in [3.63, 3.8) is 0 Å². The number of amides is 1. The summed E-state index contributed by atoms with van der Waals surface area (Å²) in [5, 5.41) is 6.37. The van der Waals surface area contributed by atoms with E-state index < -0.39 is 0 Å². The van der Waals surface area contributed by atoms with Crippen LogP contribution >= 0.6 is 0 Å². The Morgan fingerprint density at radius 1 is 1.25 bits per heavy atom. The first-order valence-electron chi connectivity index (χ1n) is 6.62. The highest BCUT2D eigenvalue weighted by Crippen LogP contribution is 2.27. The van der Waals surface area contributed by atoms with Crippen LogP contribution in [0.1, 0.15) is 52.9 Å². The molecule has 0 radical (unpaired) electrons. The van der Waals surface area contributed by atoms with E-state index in [2.05, 4.69) is 17.6 Å². The monoisotopic (exact) mass is 226 g/mol. The van der Waals surface area contributed by atoms with Gasteiger partial charge in [0.2, 0.25) is 5.91 Å². The van der Waals surface area contributed by atoms with Gasteiger partial charge in [-0.2, -0.15) is 0 Å². The fraction of sp³-hybridized carbons (Fsp3) is 0.923. The van der Waals surface area contributed by atoms with E-state index in [4.69, 9.17) is 0 Å². The third-order valence-corrected chi connectivity index (χ3v) is 3.37. The second-order valence-corrected chi connectivity index (χ2v) is 5.26. The van der Waals surface area contributed by atoms with Gasteiger partial charge in [-0.3, -0.25) is 4.79 Å². The molecule has 3 heteroatoms. The number of carbonyl (C=O) groups excluding carboxylic acids is 1. The maximum Gasteiger partial charge on any atom is 0.221 e. The number of rotatable bonds is 6. The molecular weight excluding hydrogens is 200 g/mol. The van der Waals surface area contributed by atoms with E-state index in [1.165, 1.54) is 25.7 Å². The first-order chi connectivity index (χ1) is 7.59. The topological polar surface area (TPSA) is 41.1 Å². The molecule has 1 fully saturated rings. The molecule has 0 aromatic carbocycles. The lowest BCUT2D eigenvalue weighted by Gasteiger charge is -2.20. The molecule has 1 unspecified atom stereocenters. The maximum atomic E-state index is 11.4. The summed E-state index contributed by atoms with van der Waals surface area (Å²) in [5.41, 5.74) is 0. The molecule has 0 aliphatic heterocycles. The first kappa shape index (κ1) is 13.5. The van der Waals surface area contributed by atoms with Crippen LogP contribution in [0.15, 0.2) is 0 Å². The summed E-state index contributed by atoms with van der Waals surface area (Å²) in [7, 11) is 0. The fourth-order valence-electron chi connectivity index (χ4n) is 2.43. The molecule has 1 atom stereocenters. The molecule has 1 rings (SSSR count). The predicted octanol–water partition coefficient (Wildman–Crippen LogP) is 2.07. The van der Waals surface area contributed by atoms with Gasteiger partial charge >= 0.3 is 0 Å². The zero-order valence-corrected chi connectivity index (χ0v) is 10.9. The van der Waals surface area contributed by atoms with E-state index in [1.54, 1.807) is 0 Å². The number of hydrogen-bond acceptors (Lipinski definition) is 2. The van der Waals surface area contributed by atoms with Gasteiger partial charge in [0.05, 0.1) is 0 Å². The molecule has 94 valence electrons. The quantitative estimate of drug-likeness (QED) is 0.728. The van der Waals surface area contributed by atoms with Crippen LogP contribution in [0.3, 0.4) is 0 Å². The normalized spacial score (nSPS) is 19.0. The van der Waals surface area contributed by atoms with E-state index in [-0.39, 0.29) is 11.9 Å². The van der Waals surface area contributed by atoms with Crippen LogP contribution in [0.5, 0.6) is 0 Å². The van der Waals surface area contributed by atoms with E-state index in [0.29, 0.717) is 12.5 Å². The summed E-state index contributed by atoms with van der Waals surface area (Å²) in [6.07, 6.45) is 6.06. The zero-order chi connectivity index (χ0) is 12.0. The van der Waals surface area contributed by atoms with Gasteiger partial charge in [-0.25, -0.2) is 0 Å². The van der Waals surface area contributed by atoms with Crippen molar-refractivity contribution in [2.75, 3.05) is 6.54 Å². The lowest BCUT2D eigenvalue weighted by atomic mass is 10.00. The average Bonchev–Trinajstić information content (AvgIpc) is 2.68. The fourth-order valence-corrected chi connectivity index (χ4v) is 2.43. The van der Waals surface area contributed by atoms with Crippen molar-refractivity contribution in [1.29, 1.82) is 0 Å². The van der Waals surface area contributed by atoms with Crippen molar-refractivity contribution in [2.45, 2.75) is 65.0 Å². The molecule has 0 aromatic rings. The minimum atomic E-state index is 0.154. The molecule has 1 aliphatic carbocycles. The third kappa shape index (κ3) is 4.97. The van der Waals surface area contributed by atoms with Crippen LogP contribution in [-0.4, -0.2) is 24.5 Å².